The predicted octanol–water partition coefficient (Wildman–Crippen LogP) is 2.99. The molecule has 0 bridgehead atoms. The Labute approximate surface area is 132 Å². The van der Waals surface area contributed by atoms with Crippen LogP contribution in [0.25, 0.3) is 0 Å². The number of benzene rings is 2. The van der Waals surface area contributed by atoms with E-state index in [9.17, 15) is 19.5 Å². The van der Waals surface area contributed by atoms with Crippen molar-refractivity contribution in [2.45, 2.75) is 6.92 Å². The number of hydrogen-bond acceptors (Lipinski definition) is 3. The molecule has 0 aliphatic rings. The Morgan fingerprint density at radius 1 is 0.870 bits per heavy atom. The van der Waals surface area contributed by atoms with Crippen molar-refractivity contribution in [3.8, 4) is 0 Å². The van der Waals surface area contributed by atoms with E-state index in [2.05, 4.69) is 16.0 Å². The second-order valence-electron chi connectivity index (χ2n) is 4.69. The van der Waals surface area contributed by atoms with Crippen LogP contribution in [-0.4, -0.2) is 23.0 Å². The molecule has 2 aromatic carbocycles. The lowest BCUT2D eigenvalue weighted by atomic mass is 10.1. The van der Waals surface area contributed by atoms with E-state index in [1.165, 1.54) is 25.1 Å². The van der Waals surface area contributed by atoms with Crippen molar-refractivity contribution >= 4 is 35.0 Å². The normalized spacial score (nSPS) is 9.78. The number of urea groups is 1. The van der Waals surface area contributed by atoms with Gasteiger partial charge in [-0.25, -0.2) is 9.59 Å². The highest BCUT2D eigenvalue weighted by Gasteiger charge is 2.13. The van der Waals surface area contributed by atoms with E-state index < -0.39 is 12.0 Å². The van der Waals surface area contributed by atoms with Crippen LogP contribution < -0.4 is 16.0 Å². The van der Waals surface area contributed by atoms with Gasteiger partial charge in [0, 0.05) is 18.3 Å². The van der Waals surface area contributed by atoms with Crippen LogP contribution in [0.2, 0.25) is 0 Å². The van der Waals surface area contributed by atoms with Crippen LogP contribution >= 0.6 is 0 Å². The molecule has 0 aliphatic heterocycles. The second-order valence-corrected chi connectivity index (χ2v) is 4.69. The van der Waals surface area contributed by atoms with Crippen molar-refractivity contribution < 1.29 is 19.5 Å². The molecule has 2 rings (SSSR count). The highest BCUT2D eigenvalue weighted by atomic mass is 16.4. The third kappa shape index (κ3) is 4.57. The molecule has 0 saturated heterocycles. The Hall–Kier alpha value is -3.35. The number of aromatic carboxylic acids is 1. The zero-order chi connectivity index (χ0) is 16.8. The number of para-hydroxylation sites is 1. The summed E-state index contributed by atoms with van der Waals surface area (Å²) >= 11 is 0. The van der Waals surface area contributed by atoms with Crippen LogP contribution in [0.5, 0.6) is 0 Å². The van der Waals surface area contributed by atoms with Gasteiger partial charge in [0.1, 0.15) is 0 Å². The first kappa shape index (κ1) is 16.0. The predicted molar refractivity (Wildman–Crippen MR) is 86.8 cm³/mol. The van der Waals surface area contributed by atoms with Crippen molar-refractivity contribution in [3.05, 3.63) is 54.1 Å². The Bertz CT molecular complexity index is 744. The summed E-state index contributed by atoms with van der Waals surface area (Å²) < 4.78 is 0. The Morgan fingerprint density at radius 2 is 1.52 bits per heavy atom. The number of anilines is 3. The number of nitrogens with one attached hydrogen (secondary N) is 3. The quantitative estimate of drug-likeness (QED) is 0.696. The summed E-state index contributed by atoms with van der Waals surface area (Å²) in [6.45, 7) is 1.28. The maximum absolute atomic E-state index is 11.9. The summed E-state index contributed by atoms with van der Waals surface area (Å²) in [7, 11) is 0. The van der Waals surface area contributed by atoms with Gasteiger partial charge in [-0.3, -0.25) is 4.79 Å². The van der Waals surface area contributed by atoms with Gasteiger partial charge >= 0.3 is 12.0 Å². The Balaban J connectivity index is 2.14. The maximum Gasteiger partial charge on any atom is 0.337 e. The van der Waals surface area contributed by atoms with Gasteiger partial charge in [0.25, 0.3) is 0 Å². The molecule has 0 fully saturated rings. The molecule has 0 aromatic heterocycles. The summed E-state index contributed by atoms with van der Waals surface area (Å²) in [5, 5.41) is 16.8. The van der Waals surface area contributed by atoms with Crippen molar-refractivity contribution in [1.82, 2.24) is 0 Å². The van der Waals surface area contributed by atoms with Gasteiger partial charge in [-0.1, -0.05) is 18.2 Å². The van der Waals surface area contributed by atoms with Crippen LogP contribution in [0.4, 0.5) is 21.9 Å². The van der Waals surface area contributed by atoms with E-state index in [1.54, 1.807) is 24.3 Å². The van der Waals surface area contributed by atoms with Crippen molar-refractivity contribution in [3.63, 3.8) is 0 Å². The number of rotatable bonds is 4. The number of carbonyl (C=O) groups excluding carboxylic acids is 2. The van der Waals surface area contributed by atoms with Crippen LogP contribution in [0.15, 0.2) is 48.5 Å². The molecule has 0 atom stereocenters. The summed E-state index contributed by atoms with van der Waals surface area (Å²) in [6.07, 6.45) is 0. The van der Waals surface area contributed by atoms with Crippen molar-refractivity contribution in [2.24, 2.45) is 0 Å². The van der Waals surface area contributed by atoms with Crippen LogP contribution in [-0.2, 0) is 4.79 Å². The van der Waals surface area contributed by atoms with Crippen LogP contribution in [0.1, 0.15) is 17.3 Å². The molecule has 0 unspecified atom stereocenters. The SMILES string of the molecule is CC(=O)Nc1ccc(NC(=O)Nc2ccccc2)cc1C(=O)O. The first-order chi connectivity index (χ1) is 11.0. The number of carboxylic acids is 1. The van der Waals surface area contributed by atoms with Crippen LogP contribution in [0, 0.1) is 0 Å². The molecule has 7 heteroatoms. The average Bonchev–Trinajstić information content (AvgIpc) is 2.49. The van der Waals surface area contributed by atoms with Gasteiger partial charge in [-0.2, -0.15) is 0 Å². The number of carboxylic acid groups (broad SMARTS) is 1. The fourth-order valence-electron chi connectivity index (χ4n) is 1.91. The van der Waals surface area contributed by atoms with E-state index in [-0.39, 0.29) is 17.2 Å². The third-order valence-corrected chi connectivity index (χ3v) is 2.85. The van der Waals surface area contributed by atoms with Gasteiger partial charge < -0.3 is 21.1 Å². The highest BCUT2D eigenvalue weighted by Crippen LogP contribution is 2.21. The first-order valence-corrected chi connectivity index (χ1v) is 6.73. The lowest BCUT2D eigenvalue weighted by Crippen LogP contribution is -2.20. The number of carbonyl (C=O) groups is 3. The lowest BCUT2D eigenvalue weighted by Gasteiger charge is -2.11. The molecule has 3 amide bonds. The third-order valence-electron chi connectivity index (χ3n) is 2.85. The highest BCUT2D eigenvalue weighted by molar-refractivity contribution is 6.03. The molecule has 0 saturated carbocycles. The first-order valence-electron chi connectivity index (χ1n) is 6.73. The van der Waals surface area contributed by atoms with E-state index in [0.29, 0.717) is 11.4 Å². The maximum atomic E-state index is 11.9. The minimum Gasteiger partial charge on any atom is -0.478 e. The Kier molecular flexibility index (Phi) is 4.93. The summed E-state index contributed by atoms with van der Waals surface area (Å²) in [5.74, 6) is -1.59. The second kappa shape index (κ2) is 7.08. The molecule has 0 aliphatic carbocycles. The minimum absolute atomic E-state index is 0.113. The van der Waals surface area contributed by atoms with E-state index in [4.69, 9.17) is 0 Å². The molecule has 0 heterocycles. The average molecular weight is 313 g/mol. The van der Waals surface area contributed by atoms with Gasteiger partial charge in [0.15, 0.2) is 0 Å². The summed E-state index contributed by atoms with van der Waals surface area (Å²) in [6, 6.07) is 12.5. The molecule has 118 valence electrons. The van der Waals surface area contributed by atoms with E-state index in [0.717, 1.165) is 0 Å². The number of hydrogen-bond donors (Lipinski definition) is 4. The number of amides is 3. The molecule has 0 radical (unpaired) electrons. The van der Waals surface area contributed by atoms with Crippen molar-refractivity contribution in [2.75, 3.05) is 16.0 Å². The fraction of sp³-hybridized carbons (Fsp3) is 0.0625. The molecular weight excluding hydrogens is 298 g/mol. The molecule has 7 nitrogen and oxygen atoms in total. The van der Waals surface area contributed by atoms with E-state index >= 15 is 0 Å². The summed E-state index contributed by atoms with van der Waals surface area (Å²) in [4.78, 5) is 34.2. The van der Waals surface area contributed by atoms with Gasteiger partial charge in [-0.05, 0) is 30.3 Å². The van der Waals surface area contributed by atoms with Gasteiger partial charge in [-0.15, -0.1) is 0 Å². The summed E-state index contributed by atoms with van der Waals surface area (Å²) in [5.41, 5.74) is 0.958. The zero-order valence-corrected chi connectivity index (χ0v) is 12.3. The molecule has 2 aromatic rings. The lowest BCUT2D eigenvalue weighted by molar-refractivity contribution is -0.114. The van der Waals surface area contributed by atoms with Crippen molar-refractivity contribution in [1.29, 1.82) is 0 Å². The topological polar surface area (TPSA) is 108 Å². The molecule has 23 heavy (non-hydrogen) atoms. The monoisotopic (exact) mass is 313 g/mol. The standard InChI is InChI=1S/C16H15N3O4/c1-10(20)17-14-8-7-12(9-13(14)15(21)22)19-16(23)18-11-5-3-2-4-6-11/h2-9H,1H3,(H,17,20)(H,21,22)(H2,18,19,23). The minimum atomic E-state index is -1.21. The zero-order valence-electron chi connectivity index (χ0n) is 12.3. The molecule has 0 spiro atoms. The molecule has 4 N–H and O–H groups in total. The fourth-order valence-corrected chi connectivity index (χ4v) is 1.91. The van der Waals surface area contributed by atoms with Crippen LogP contribution in [0.3, 0.4) is 0 Å². The van der Waals surface area contributed by atoms with Gasteiger partial charge in [0.05, 0.1) is 11.3 Å². The van der Waals surface area contributed by atoms with Gasteiger partial charge in [0.2, 0.25) is 5.91 Å². The largest absolute Gasteiger partial charge is 0.478 e. The Morgan fingerprint density at radius 3 is 2.13 bits per heavy atom. The molecular formula is C16H15N3O4. The smallest absolute Gasteiger partial charge is 0.337 e. The van der Waals surface area contributed by atoms with E-state index in [1.807, 2.05) is 6.07 Å².